The number of aliphatic carboxylic acids is 1. The number of amides is 1. The quantitative estimate of drug-likeness (QED) is 0.780. The molecule has 1 saturated heterocycles. The average molecular weight is 351 g/mol. The van der Waals surface area contributed by atoms with E-state index in [4.69, 9.17) is 0 Å². The Labute approximate surface area is 147 Å². The molecular formula is C18H26FN3O3. The first kappa shape index (κ1) is 19.2. The third-order valence-corrected chi connectivity index (χ3v) is 4.78. The van der Waals surface area contributed by atoms with Gasteiger partial charge < -0.3 is 14.9 Å². The van der Waals surface area contributed by atoms with E-state index in [1.807, 2.05) is 13.8 Å². The lowest BCUT2D eigenvalue weighted by molar-refractivity contribution is -0.141. The zero-order valence-electron chi connectivity index (χ0n) is 14.7. The minimum absolute atomic E-state index is 0.0256. The van der Waals surface area contributed by atoms with Crippen LogP contribution in [0.3, 0.4) is 0 Å². The second kappa shape index (κ2) is 8.80. The molecule has 2 N–H and O–H groups in total. The molecule has 1 heterocycles. The summed E-state index contributed by atoms with van der Waals surface area (Å²) in [7, 11) is 0. The maximum Gasteiger partial charge on any atom is 0.320 e. The Balaban J connectivity index is 1.82. The smallest absolute Gasteiger partial charge is 0.320 e. The molecule has 1 aromatic rings. The van der Waals surface area contributed by atoms with Crippen LogP contribution in [0.4, 0.5) is 10.1 Å². The van der Waals surface area contributed by atoms with Crippen LogP contribution in [-0.2, 0) is 9.59 Å². The summed E-state index contributed by atoms with van der Waals surface area (Å²) in [6, 6.07) is 5.61. The fourth-order valence-corrected chi connectivity index (χ4v) is 2.94. The molecule has 2 atom stereocenters. The van der Waals surface area contributed by atoms with Crippen molar-refractivity contribution in [2.75, 3.05) is 37.6 Å². The summed E-state index contributed by atoms with van der Waals surface area (Å²) in [5.74, 6) is -1.32. The summed E-state index contributed by atoms with van der Waals surface area (Å²) in [4.78, 5) is 27.5. The Morgan fingerprint density at radius 2 is 1.80 bits per heavy atom. The maximum atomic E-state index is 13.0. The molecule has 1 aromatic carbocycles. The van der Waals surface area contributed by atoms with Crippen molar-refractivity contribution in [1.82, 2.24) is 10.2 Å². The predicted octanol–water partition coefficient (Wildman–Crippen LogP) is 1.56. The molecule has 0 saturated carbocycles. The highest BCUT2D eigenvalue weighted by atomic mass is 19.1. The normalized spacial score (nSPS) is 17.2. The van der Waals surface area contributed by atoms with Gasteiger partial charge in [-0.3, -0.25) is 14.9 Å². The molecule has 2 rings (SSSR count). The number of carboxylic acid groups (broad SMARTS) is 1. The molecule has 0 radical (unpaired) electrons. The molecule has 0 unspecified atom stereocenters. The summed E-state index contributed by atoms with van der Waals surface area (Å²) in [5.41, 5.74) is 0.939. The van der Waals surface area contributed by atoms with Gasteiger partial charge in [0.2, 0.25) is 5.91 Å². The van der Waals surface area contributed by atoms with Crippen molar-refractivity contribution in [2.45, 2.75) is 26.3 Å². The van der Waals surface area contributed by atoms with Crippen LogP contribution in [0.5, 0.6) is 0 Å². The molecular weight excluding hydrogens is 325 g/mol. The van der Waals surface area contributed by atoms with Crippen LogP contribution in [0.25, 0.3) is 0 Å². The standard InChI is InChI=1S/C18H26FN3O3/c1-3-13(2)17(18(24)25)20-12-16(23)22-10-8-21(9-11-22)15-6-4-14(19)5-7-15/h4-7,13,17,20H,3,8-12H2,1-2H3,(H,24,25)/t13-,17-/m0/s1. The summed E-state index contributed by atoms with van der Waals surface area (Å²) >= 11 is 0. The van der Waals surface area contributed by atoms with Gasteiger partial charge in [0.1, 0.15) is 11.9 Å². The highest BCUT2D eigenvalue weighted by Gasteiger charge is 2.26. The van der Waals surface area contributed by atoms with Crippen molar-refractivity contribution in [3.8, 4) is 0 Å². The van der Waals surface area contributed by atoms with E-state index in [1.54, 1.807) is 17.0 Å². The van der Waals surface area contributed by atoms with Crippen LogP contribution < -0.4 is 10.2 Å². The fourth-order valence-electron chi connectivity index (χ4n) is 2.94. The molecule has 0 aliphatic carbocycles. The van der Waals surface area contributed by atoms with Gasteiger partial charge in [-0.05, 0) is 30.2 Å². The van der Waals surface area contributed by atoms with Crippen molar-refractivity contribution in [3.63, 3.8) is 0 Å². The Morgan fingerprint density at radius 3 is 2.32 bits per heavy atom. The van der Waals surface area contributed by atoms with Crippen molar-refractivity contribution < 1.29 is 19.1 Å². The number of nitrogens with one attached hydrogen (secondary N) is 1. The van der Waals surface area contributed by atoms with E-state index in [0.29, 0.717) is 26.2 Å². The van der Waals surface area contributed by atoms with Gasteiger partial charge in [0.15, 0.2) is 0 Å². The first-order chi connectivity index (χ1) is 11.9. The number of anilines is 1. The number of carbonyl (C=O) groups excluding carboxylic acids is 1. The summed E-state index contributed by atoms with van der Waals surface area (Å²) in [5, 5.41) is 12.1. The number of benzene rings is 1. The topological polar surface area (TPSA) is 72.9 Å². The SMILES string of the molecule is CC[C@H](C)[C@H](NCC(=O)N1CCN(c2ccc(F)cc2)CC1)C(=O)O. The average Bonchev–Trinajstić information content (AvgIpc) is 2.62. The fraction of sp³-hybridized carbons (Fsp3) is 0.556. The van der Waals surface area contributed by atoms with E-state index in [2.05, 4.69) is 10.2 Å². The largest absolute Gasteiger partial charge is 0.480 e. The number of halogens is 1. The number of hydrogen-bond donors (Lipinski definition) is 2. The van der Waals surface area contributed by atoms with Gasteiger partial charge in [0, 0.05) is 31.9 Å². The zero-order valence-corrected chi connectivity index (χ0v) is 14.7. The van der Waals surface area contributed by atoms with Crippen molar-refractivity contribution in [2.24, 2.45) is 5.92 Å². The molecule has 138 valence electrons. The van der Waals surface area contributed by atoms with E-state index in [-0.39, 0.29) is 24.2 Å². The predicted molar refractivity (Wildman–Crippen MR) is 94.1 cm³/mol. The number of piperazine rings is 1. The number of rotatable bonds is 7. The summed E-state index contributed by atoms with van der Waals surface area (Å²) < 4.78 is 13.0. The van der Waals surface area contributed by atoms with Crippen LogP contribution in [0.2, 0.25) is 0 Å². The molecule has 6 nitrogen and oxygen atoms in total. The Morgan fingerprint density at radius 1 is 1.20 bits per heavy atom. The van der Waals surface area contributed by atoms with Crippen molar-refractivity contribution in [3.05, 3.63) is 30.1 Å². The van der Waals surface area contributed by atoms with E-state index < -0.39 is 12.0 Å². The Kier molecular flexibility index (Phi) is 6.75. The molecule has 1 aliphatic heterocycles. The molecule has 0 bridgehead atoms. The van der Waals surface area contributed by atoms with Crippen LogP contribution in [0.1, 0.15) is 20.3 Å². The van der Waals surface area contributed by atoms with E-state index >= 15 is 0 Å². The van der Waals surface area contributed by atoms with Crippen LogP contribution in [-0.4, -0.2) is 60.6 Å². The van der Waals surface area contributed by atoms with Gasteiger partial charge in [-0.25, -0.2) is 4.39 Å². The second-order valence-corrected chi connectivity index (χ2v) is 6.43. The van der Waals surface area contributed by atoms with Crippen LogP contribution in [0, 0.1) is 11.7 Å². The molecule has 7 heteroatoms. The van der Waals surface area contributed by atoms with E-state index in [9.17, 15) is 19.1 Å². The number of carbonyl (C=O) groups is 2. The van der Waals surface area contributed by atoms with Crippen LogP contribution >= 0.6 is 0 Å². The number of hydrogen-bond acceptors (Lipinski definition) is 4. The van der Waals surface area contributed by atoms with Gasteiger partial charge in [0.05, 0.1) is 6.54 Å². The lowest BCUT2D eigenvalue weighted by Gasteiger charge is -2.36. The highest BCUT2D eigenvalue weighted by Crippen LogP contribution is 2.17. The van der Waals surface area contributed by atoms with Crippen molar-refractivity contribution in [1.29, 1.82) is 0 Å². The second-order valence-electron chi connectivity index (χ2n) is 6.43. The van der Waals surface area contributed by atoms with E-state index in [1.165, 1.54) is 12.1 Å². The van der Waals surface area contributed by atoms with Gasteiger partial charge in [-0.2, -0.15) is 0 Å². The molecule has 1 fully saturated rings. The van der Waals surface area contributed by atoms with Crippen molar-refractivity contribution >= 4 is 17.6 Å². The van der Waals surface area contributed by atoms with Crippen LogP contribution in [0.15, 0.2) is 24.3 Å². The summed E-state index contributed by atoms with van der Waals surface area (Å²) in [6.07, 6.45) is 0.731. The Bertz CT molecular complexity index is 586. The minimum atomic E-state index is -0.928. The molecule has 1 aliphatic rings. The molecule has 0 aromatic heterocycles. The summed E-state index contributed by atoms with van der Waals surface area (Å²) in [6.45, 7) is 6.29. The molecule has 0 spiro atoms. The third kappa shape index (κ3) is 5.16. The zero-order chi connectivity index (χ0) is 18.4. The minimum Gasteiger partial charge on any atom is -0.480 e. The molecule has 25 heavy (non-hydrogen) atoms. The molecule has 1 amide bonds. The number of nitrogens with zero attached hydrogens (tertiary/aromatic N) is 2. The lowest BCUT2D eigenvalue weighted by atomic mass is 9.99. The third-order valence-electron chi connectivity index (χ3n) is 4.78. The Hall–Kier alpha value is -2.15. The highest BCUT2D eigenvalue weighted by molar-refractivity contribution is 5.80. The van der Waals surface area contributed by atoms with Gasteiger partial charge in [0.25, 0.3) is 0 Å². The van der Waals surface area contributed by atoms with Gasteiger partial charge >= 0.3 is 5.97 Å². The van der Waals surface area contributed by atoms with Gasteiger partial charge in [-0.15, -0.1) is 0 Å². The van der Waals surface area contributed by atoms with Gasteiger partial charge in [-0.1, -0.05) is 20.3 Å². The number of carboxylic acids is 1. The first-order valence-electron chi connectivity index (χ1n) is 8.66. The maximum absolute atomic E-state index is 13.0. The van der Waals surface area contributed by atoms with E-state index in [0.717, 1.165) is 12.1 Å². The lowest BCUT2D eigenvalue weighted by Crippen LogP contribution is -2.53. The monoisotopic (exact) mass is 351 g/mol. The first-order valence-corrected chi connectivity index (χ1v) is 8.66.